The van der Waals surface area contributed by atoms with Gasteiger partial charge in [0.25, 0.3) is 0 Å². The van der Waals surface area contributed by atoms with E-state index in [0.717, 1.165) is 6.61 Å². The molecule has 0 aliphatic carbocycles. The molecule has 0 aromatic heterocycles. The minimum Gasteiger partial charge on any atom is -0.395 e. The van der Waals surface area contributed by atoms with Gasteiger partial charge in [-0.15, -0.1) is 0 Å². The zero-order valence-electron chi connectivity index (χ0n) is 11.6. The van der Waals surface area contributed by atoms with Gasteiger partial charge in [0.15, 0.2) is 0 Å². The first-order chi connectivity index (χ1) is 7.18. The maximum absolute atomic E-state index is 9.49. The molecule has 1 saturated heterocycles. The molecule has 0 bridgehead atoms. The molecule has 1 N–H and O–H groups in total. The van der Waals surface area contributed by atoms with Crippen LogP contribution in [0.1, 0.15) is 41.5 Å². The first kappa shape index (κ1) is 13.9. The maximum Gasteiger partial charge on any atom is 0.0645 e. The molecule has 0 aromatic rings. The third-order valence-electron chi connectivity index (χ3n) is 3.30. The second-order valence-electron chi connectivity index (χ2n) is 6.83. The predicted octanol–water partition coefficient (Wildman–Crippen LogP) is 1.89. The van der Waals surface area contributed by atoms with Crippen LogP contribution >= 0.6 is 0 Å². The van der Waals surface area contributed by atoms with Crippen molar-refractivity contribution in [1.29, 1.82) is 0 Å². The van der Waals surface area contributed by atoms with E-state index in [1.807, 2.05) is 0 Å². The van der Waals surface area contributed by atoms with Gasteiger partial charge in [0, 0.05) is 11.6 Å². The van der Waals surface area contributed by atoms with Crippen LogP contribution in [-0.4, -0.2) is 47.4 Å². The molecule has 96 valence electrons. The fourth-order valence-corrected chi connectivity index (χ4v) is 2.55. The summed E-state index contributed by atoms with van der Waals surface area (Å²) in [5.74, 6) is 0. The summed E-state index contributed by atoms with van der Waals surface area (Å²) in [6.45, 7) is 14.9. The normalized spacial score (nSPS) is 29.4. The smallest absolute Gasteiger partial charge is 0.0645 e. The van der Waals surface area contributed by atoms with E-state index in [-0.39, 0.29) is 23.6 Å². The van der Waals surface area contributed by atoms with Crippen molar-refractivity contribution >= 4 is 0 Å². The molecule has 0 saturated carbocycles. The van der Waals surface area contributed by atoms with Gasteiger partial charge < -0.3 is 9.84 Å². The first-order valence-electron chi connectivity index (χ1n) is 6.15. The van der Waals surface area contributed by atoms with Crippen molar-refractivity contribution < 1.29 is 9.84 Å². The van der Waals surface area contributed by atoms with Gasteiger partial charge in [-0.05, 0) is 26.2 Å². The standard InChI is InChI=1S/C13H27NO2/c1-12(2,3)11-9-16-8-10(7-15)14(11)13(4,5)6/h10-11,15H,7-9H2,1-6H3. The number of rotatable bonds is 1. The molecule has 1 aliphatic heterocycles. The van der Waals surface area contributed by atoms with Crippen LogP contribution in [-0.2, 0) is 4.74 Å². The Labute approximate surface area is 99.8 Å². The monoisotopic (exact) mass is 229 g/mol. The molecule has 1 heterocycles. The first-order valence-corrected chi connectivity index (χ1v) is 6.15. The van der Waals surface area contributed by atoms with Crippen LogP contribution < -0.4 is 0 Å². The van der Waals surface area contributed by atoms with Crippen molar-refractivity contribution in [2.45, 2.75) is 59.2 Å². The largest absolute Gasteiger partial charge is 0.395 e. The van der Waals surface area contributed by atoms with Crippen molar-refractivity contribution in [3.8, 4) is 0 Å². The second kappa shape index (κ2) is 4.63. The molecule has 0 aromatic carbocycles. The molecule has 3 heteroatoms. The van der Waals surface area contributed by atoms with Gasteiger partial charge in [-0.2, -0.15) is 0 Å². The minimum absolute atomic E-state index is 0.0646. The zero-order chi connectivity index (χ0) is 12.6. The number of aliphatic hydroxyl groups excluding tert-OH is 1. The molecule has 2 atom stereocenters. The van der Waals surface area contributed by atoms with E-state index < -0.39 is 0 Å². The van der Waals surface area contributed by atoms with Crippen LogP contribution in [0.25, 0.3) is 0 Å². The lowest BCUT2D eigenvalue weighted by atomic mass is 9.82. The number of hydrogen-bond donors (Lipinski definition) is 1. The Balaban J connectivity index is 2.97. The zero-order valence-corrected chi connectivity index (χ0v) is 11.6. The second-order valence-corrected chi connectivity index (χ2v) is 6.83. The summed E-state index contributed by atoms with van der Waals surface area (Å²) in [6, 6.07) is 0.483. The topological polar surface area (TPSA) is 32.7 Å². The number of aliphatic hydroxyl groups is 1. The molecule has 0 spiro atoms. The summed E-state index contributed by atoms with van der Waals surface area (Å²) >= 11 is 0. The van der Waals surface area contributed by atoms with Crippen molar-refractivity contribution in [3.05, 3.63) is 0 Å². The Hall–Kier alpha value is -0.120. The number of morpholine rings is 1. The van der Waals surface area contributed by atoms with Crippen molar-refractivity contribution in [1.82, 2.24) is 4.90 Å². The highest BCUT2D eigenvalue weighted by atomic mass is 16.5. The van der Waals surface area contributed by atoms with Crippen LogP contribution in [0.2, 0.25) is 0 Å². The summed E-state index contributed by atoms with van der Waals surface area (Å²) in [7, 11) is 0. The van der Waals surface area contributed by atoms with E-state index in [9.17, 15) is 5.11 Å². The van der Waals surface area contributed by atoms with Crippen LogP contribution in [0.15, 0.2) is 0 Å². The van der Waals surface area contributed by atoms with Gasteiger partial charge in [0.05, 0.1) is 25.9 Å². The minimum atomic E-state index is 0.0646. The van der Waals surface area contributed by atoms with E-state index in [2.05, 4.69) is 46.4 Å². The van der Waals surface area contributed by atoms with E-state index in [1.54, 1.807) is 0 Å². The summed E-state index contributed by atoms with van der Waals surface area (Å²) in [4.78, 5) is 2.43. The summed E-state index contributed by atoms with van der Waals surface area (Å²) in [5, 5.41) is 9.49. The van der Waals surface area contributed by atoms with Gasteiger partial charge in [-0.1, -0.05) is 20.8 Å². The Morgan fingerprint density at radius 3 is 2.06 bits per heavy atom. The fourth-order valence-electron chi connectivity index (χ4n) is 2.55. The summed E-state index contributed by atoms with van der Waals surface area (Å²) < 4.78 is 5.64. The lowest BCUT2D eigenvalue weighted by Crippen LogP contribution is -2.64. The molecule has 2 unspecified atom stereocenters. The van der Waals surface area contributed by atoms with Crippen molar-refractivity contribution in [2.24, 2.45) is 5.41 Å². The maximum atomic E-state index is 9.49. The number of nitrogens with zero attached hydrogens (tertiary/aromatic N) is 1. The molecular weight excluding hydrogens is 202 g/mol. The Morgan fingerprint density at radius 1 is 1.12 bits per heavy atom. The lowest BCUT2D eigenvalue weighted by Gasteiger charge is -2.53. The Bertz CT molecular complexity index is 227. The summed E-state index contributed by atoms with van der Waals surface area (Å²) in [6.07, 6.45) is 0. The quantitative estimate of drug-likeness (QED) is 0.745. The highest BCUT2D eigenvalue weighted by Crippen LogP contribution is 2.34. The molecule has 1 fully saturated rings. The average molecular weight is 229 g/mol. The highest BCUT2D eigenvalue weighted by Gasteiger charge is 2.42. The van der Waals surface area contributed by atoms with Gasteiger partial charge in [0.2, 0.25) is 0 Å². The highest BCUT2D eigenvalue weighted by molar-refractivity contribution is 4.95. The molecule has 0 radical (unpaired) electrons. The molecule has 3 nitrogen and oxygen atoms in total. The summed E-state index contributed by atoms with van der Waals surface area (Å²) in [5.41, 5.74) is 0.232. The molecule has 16 heavy (non-hydrogen) atoms. The van der Waals surface area contributed by atoms with Crippen LogP contribution in [0.4, 0.5) is 0 Å². The van der Waals surface area contributed by atoms with Crippen molar-refractivity contribution in [3.63, 3.8) is 0 Å². The molecule has 1 rings (SSSR count). The van der Waals surface area contributed by atoms with Crippen LogP contribution in [0.5, 0.6) is 0 Å². The predicted molar refractivity (Wildman–Crippen MR) is 66.5 cm³/mol. The van der Waals surface area contributed by atoms with E-state index in [4.69, 9.17) is 4.74 Å². The van der Waals surface area contributed by atoms with Gasteiger partial charge in [-0.25, -0.2) is 0 Å². The van der Waals surface area contributed by atoms with Crippen molar-refractivity contribution in [2.75, 3.05) is 19.8 Å². The Morgan fingerprint density at radius 2 is 1.69 bits per heavy atom. The SMILES string of the molecule is CC(C)(C)C1COCC(CO)N1C(C)(C)C. The van der Waals surface area contributed by atoms with Crippen LogP contribution in [0, 0.1) is 5.41 Å². The Kier molecular flexibility index (Phi) is 4.04. The third-order valence-corrected chi connectivity index (χ3v) is 3.30. The number of ether oxygens (including phenoxy) is 1. The van der Waals surface area contributed by atoms with Crippen LogP contribution in [0.3, 0.4) is 0 Å². The van der Waals surface area contributed by atoms with Gasteiger partial charge in [0.1, 0.15) is 0 Å². The van der Waals surface area contributed by atoms with E-state index in [0.29, 0.717) is 12.6 Å². The lowest BCUT2D eigenvalue weighted by molar-refractivity contribution is -0.132. The van der Waals surface area contributed by atoms with Gasteiger partial charge in [-0.3, -0.25) is 4.90 Å². The van der Waals surface area contributed by atoms with E-state index in [1.165, 1.54) is 0 Å². The molecule has 0 amide bonds. The number of hydrogen-bond acceptors (Lipinski definition) is 3. The fraction of sp³-hybridized carbons (Fsp3) is 1.00. The van der Waals surface area contributed by atoms with Gasteiger partial charge >= 0.3 is 0 Å². The van der Waals surface area contributed by atoms with E-state index >= 15 is 0 Å². The molecule has 1 aliphatic rings. The average Bonchev–Trinajstić information content (AvgIpc) is 2.13. The molecular formula is C13H27NO2. The third kappa shape index (κ3) is 2.96.